The number of hydrogen-bond acceptors (Lipinski definition) is 2. The zero-order valence-corrected chi connectivity index (χ0v) is 32.9. The molecule has 2 heterocycles. The topological polar surface area (TPSA) is 8.17 Å². The second-order valence-corrected chi connectivity index (χ2v) is 16.3. The molecule has 0 spiro atoms. The zero-order chi connectivity index (χ0) is 38.9. The highest BCUT2D eigenvalue weighted by molar-refractivity contribution is 7.26. The second-order valence-electron chi connectivity index (χ2n) is 15.3. The minimum Gasteiger partial charge on any atom is -0.309 e. The summed E-state index contributed by atoms with van der Waals surface area (Å²) >= 11 is 1.89. The van der Waals surface area contributed by atoms with E-state index in [0.29, 0.717) is 0 Å². The van der Waals surface area contributed by atoms with Gasteiger partial charge in [-0.05, 0) is 86.9 Å². The van der Waals surface area contributed by atoms with Gasteiger partial charge in [0.25, 0.3) is 0 Å². The van der Waals surface area contributed by atoms with Crippen molar-refractivity contribution in [1.82, 2.24) is 4.57 Å². The van der Waals surface area contributed by atoms with Crippen molar-refractivity contribution in [3.8, 4) is 27.9 Å². The number of hydrogen-bond donors (Lipinski definition) is 0. The molecule has 0 amide bonds. The number of rotatable bonds is 6. The first-order valence-electron chi connectivity index (χ1n) is 20.2. The van der Waals surface area contributed by atoms with Gasteiger partial charge in [0, 0.05) is 47.7 Å². The van der Waals surface area contributed by atoms with Gasteiger partial charge in [0.1, 0.15) is 0 Å². The monoisotopic (exact) mass is 768 g/mol. The van der Waals surface area contributed by atoms with Gasteiger partial charge in [-0.15, -0.1) is 11.3 Å². The number of benzene rings is 10. The lowest BCUT2D eigenvalue weighted by atomic mass is 10.0. The molecule has 0 aliphatic carbocycles. The van der Waals surface area contributed by atoms with Crippen LogP contribution in [-0.4, -0.2) is 4.57 Å². The van der Waals surface area contributed by atoms with Crippen LogP contribution < -0.4 is 4.90 Å². The fourth-order valence-electron chi connectivity index (χ4n) is 9.28. The van der Waals surface area contributed by atoms with Gasteiger partial charge in [0.2, 0.25) is 0 Å². The van der Waals surface area contributed by atoms with Crippen LogP contribution in [0.3, 0.4) is 0 Å². The second kappa shape index (κ2) is 13.6. The molecule has 12 rings (SSSR count). The van der Waals surface area contributed by atoms with Crippen LogP contribution in [0.25, 0.3) is 91.5 Å². The van der Waals surface area contributed by atoms with Crippen molar-refractivity contribution >= 4 is 91.9 Å². The maximum Gasteiger partial charge on any atom is 0.0620 e. The minimum atomic E-state index is 1.11. The molecule has 2 aromatic heterocycles. The van der Waals surface area contributed by atoms with Crippen LogP contribution in [0.4, 0.5) is 17.1 Å². The molecular formula is C56H36N2S. The third-order valence-electron chi connectivity index (χ3n) is 11.9. The lowest BCUT2D eigenvalue weighted by Crippen LogP contribution is -2.11. The Kier molecular flexibility index (Phi) is 7.75. The normalized spacial score (nSPS) is 11.7. The van der Waals surface area contributed by atoms with E-state index in [0.717, 1.165) is 22.7 Å². The number of fused-ring (bicyclic) bond motifs is 10. The van der Waals surface area contributed by atoms with Crippen LogP contribution in [-0.2, 0) is 0 Å². The maximum atomic E-state index is 2.51. The summed E-state index contributed by atoms with van der Waals surface area (Å²) in [5, 5.41) is 10.0. The first kappa shape index (κ1) is 33.7. The standard InChI is InChI=1S/C56H36N2S/c1-3-14-37(15-4-1)39-28-32-43(33-29-39)57(51-26-13-27-52-54(51)48-35-31-41-19-8-10-23-46(41)56(48)59-52)49-24-12-25-50-53(49)47-34-30-40-18-7-9-22-45(40)55(47)58(50)44-21-11-20-42(36-44)38-16-5-2-6-17-38/h1-36H. The van der Waals surface area contributed by atoms with Gasteiger partial charge in [-0.25, -0.2) is 0 Å². The summed E-state index contributed by atoms with van der Waals surface area (Å²) in [5.74, 6) is 0. The highest BCUT2D eigenvalue weighted by atomic mass is 32.1. The summed E-state index contributed by atoms with van der Waals surface area (Å²) < 4.78 is 5.09. The molecule has 10 aromatic carbocycles. The Balaban J connectivity index is 1.18. The molecule has 59 heavy (non-hydrogen) atoms. The summed E-state index contributed by atoms with van der Waals surface area (Å²) in [7, 11) is 0. The summed E-state index contributed by atoms with van der Waals surface area (Å²) in [5.41, 5.74) is 11.7. The van der Waals surface area contributed by atoms with Crippen molar-refractivity contribution in [3.63, 3.8) is 0 Å². The van der Waals surface area contributed by atoms with Gasteiger partial charge in [-0.2, -0.15) is 0 Å². The lowest BCUT2D eigenvalue weighted by molar-refractivity contribution is 1.19. The molecule has 0 unspecified atom stereocenters. The largest absolute Gasteiger partial charge is 0.309 e. The Bertz CT molecular complexity index is 3540. The molecule has 2 nitrogen and oxygen atoms in total. The van der Waals surface area contributed by atoms with Gasteiger partial charge in [-0.1, -0.05) is 170 Å². The van der Waals surface area contributed by atoms with E-state index in [4.69, 9.17) is 0 Å². The molecule has 0 N–H and O–H groups in total. The predicted octanol–water partition coefficient (Wildman–Crippen LogP) is 16.3. The van der Waals surface area contributed by atoms with E-state index in [9.17, 15) is 0 Å². The fraction of sp³-hybridized carbons (Fsp3) is 0. The van der Waals surface area contributed by atoms with Crippen molar-refractivity contribution in [1.29, 1.82) is 0 Å². The minimum absolute atomic E-state index is 1.11. The van der Waals surface area contributed by atoms with E-state index in [2.05, 4.69) is 228 Å². The Morgan fingerprint density at radius 3 is 1.71 bits per heavy atom. The number of aromatic nitrogens is 1. The van der Waals surface area contributed by atoms with Crippen LogP contribution in [0.15, 0.2) is 218 Å². The Morgan fingerprint density at radius 2 is 0.949 bits per heavy atom. The van der Waals surface area contributed by atoms with Crippen LogP contribution in [0.5, 0.6) is 0 Å². The molecule has 0 bridgehead atoms. The van der Waals surface area contributed by atoms with Crippen molar-refractivity contribution < 1.29 is 0 Å². The average molecular weight is 769 g/mol. The van der Waals surface area contributed by atoms with Gasteiger partial charge in [0.05, 0.1) is 22.4 Å². The number of anilines is 3. The molecule has 0 saturated carbocycles. The van der Waals surface area contributed by atoms with E-state index in [-0.39, 0.29) is 0 Å². The van der Waals surface area contributed by atoms with Crippen molar-refractivity contribution in [2.24, 2.45) is 0 Å². The maximum absolute atomic E-state index is 2.51. The number of nitrogens with zero attached hydrogens (tertiary/aromatic N) is 2. The molecule has 0 aliphatic rings. The summed E-state index contributed by atoms with van der Waals surface area (Å²) in [4.78, 5) is 2.51. The van der Waals surface area contributed by atoms with E-state index in [1.165, 1.54) is 85.8 Å². The predicted molar refractivity (Wildman–Crippen MR) is 254 cm³/mol. The molecule has 0 saturated heterocycles. The summed E-state index contributed by atoms with van der Waals surface area (Å²) in [6.07, 6.45) is 0. The van der Waals surface area contributed by atoms with Gasteiger partial charge < -0.3 is 9.47 Å². The van der Waals surface area contributed by atoms with Gasteiger partial charge in [0.15, 0.2) is 0 Å². The zero-order valence-electron chi connectivity index (χ0n) is 32.1. The van der Waals surface area contributed by atoms with E-state index < -0.39 is 0 Å². The van der Waals surface area contributed by atoms with Crippen LogP contribution >= 0.6 is 11.3 Å². The smallest absolute Gasteiger partial charge is 0.0620 e. The Hall–Kier alpha value is -7.46. The molecule has 0 fully saturated rings. The highest BCUT2D eigenvalue weighted by Crippen LogP contribution is 2.50. The molecule has 3 heteroatoms. The summed E-state index contributed by atoms with van der Waals surface area (Å²) in [6, 6.07) is 79.9. The van der Waals surface area contributed by atoms with E-state index in [1.54, 1.807) is 0 Å². The highest BCUT2D eigenvalue weighted by Gasteiger charge is 2.25. The van der Waals surface area contributed by atoms with Crippen LogP contribution in [0, 0.1) is 0 Å². The SMILES string of the molecule is c1ccc(-c2ccc(N(c3cccc4sc5c6ccccc6ccc5c34)c3cccc4c3c3ccc5ccccc5c3n4-c3cccc(-c4ccccc4)c3)cc2)cc1. The molecule has 12 aromatic rings. The van der Waals surface area contributed by atoms with Crippen molar-refractivity contribution in [3.05, 3.63) is 218 Å². The van der Waals surface area contributed by atoms with Crippen LogP contribution in [0.2, 0.25) is 0 Å². The third-order valence-corrected chi connectivity index (χ3v) is 13.2. The van der Waals surface area contributed by atoms with Crippen molar-refractivity contribution in [2.75, 3.05) is 4.90 Å². The molecule has 0 radical (unpaired) electrons. The van der Waals surface area contributed by atoms with Crippen molar-refractivity contribution in [2.45, 2.75) is 0 Å². The fourth-order valence-corrected chi connectivity index (χ4v) is 10.5. The Morgan fingerprint density at radius 1 is 0.373 bits per heavy atom. The lowest BCUT2D eigenvalue weighted by Gasteiger charge is -2.28. The van der Waals surface area contributed by atoms with Gasteiger partial charge in [-0.3, -0.25) is 0 Å². The van der Waals surface area contributed by atoms with Gasteiger partial charge >= 0.3 is 0 Å². The van der Waals surface area contributed by atoms with E-state index >= 15 is 0 Å². The first-order chi connectivity index (χ1) is 29.3. The molecule has 276 valence electrons. The quantitative estimate of drug-likeness (QED) is 0.164. The Labute approximate surface area is 346 Å². The molecule has 0 atom stereocenters. The van der Waals surface area contributed by atoms with E-state index in [1.807, 2.05) is 11.3 Å². The van der Waals surface area contributed by atoms with Crippen LogP contribution in [0.1, 0.15) is 0 Å². The molecular weight excluding hydrogens is 733 g/mol. The molecule has 0 aliphatic heterocycles. The average Bonchev–Trinajstić information content (AvgIpc) is 3.88. The number of thiophene rings is 1. The third kappa shape index (κ3) is 5.40. The summed E-state index contributed by atoms with van der Waals surface area (Å²) in [6.45, 7) is 0. The first-order valence-corrected chi connectivity index (χ1v) is 21.0.